The van der Waals surface area contributed by atoms with Crippen molar-refractivity contribution < 1.29 is 14.3 Å². The van der Waals surface area contributed by atoms with Crippen LogP contribution in [0.5, 0.6) is 0 Å². The van der Waals surface area contributed by atoms with E-state index in [1.165, 1.54) is 4.90 Å². The summed E-state index contributed by atoms with van der Waals surface area (Å²) < 4.78 is 5.16. The molecule has 0 spiro atoms. The first kappa shape index (κ1) is 13.1. The van der Waals surface area contributed by atoms with Gasteiger partial charge in [-0.25, -0.2) is 4.79 Å². The van der Waals surface area contributed by atoms with Gasteiger partial charge in [0.1, 0.15) is 12.5 Å². The highest BCUT2D eigenvalue weighted by Crippen LogP contribution is 2.14. The number of benzene rings is 1. The highest BCUT2D eigenvalue weighted by molar-refractivity contribution is 5.86. The quantitative estimate of drug-likeness (QED) is 0.810. The fourth-order valence-electron chi connectivity index (χ4n) is 1.92. The number of hydrogen-bond acceptors (Lipinski definition) is 4. The van der Waals surface area contributed by atoms with Gasteiger partial charge in [0.25, 0.3) is 0 Å². The number of carbonyl (C=O) groups is 2. The molecule has 0 saturated carbocycles. The minimum absolute atomic E-state index is 0.102. The number of rotatable bonds is 2. The molecular formula is C14H14N2O3. The van der Waals surface area contributed by atoms with Gasteiger partial charge < -0.3 is 9.64 Å². The first-order chi connectivity index (χ1) is 9.20. The molecule has 19 heavy (non-hydrogen) atoms. The van der Waals surface area contributed by atoms with Gasteiger partial charge in [0.2, 0.25) is 0 Å². The van der Waals surface area contributed by atoms with E-state index in [0.29, 0.717) is 6.54 Å². The molecule has 2 rings (SSSR count). The Balaban J connectivity index is 1.87. The molecule has 1 amide bonds. The summed E-state index contributed by atoms with van der Waals surface area (Å²) in [5.74, 6) is -0.826. The van der Waals surface area contributed by atoms with Gasteiger partial charge in [-0.3, -0.25) is 4.79 Å². The number of amides is 1. The van der Waals surface area contributed by atoms with Crippen molar-refractivity contribution >= 4 is 11.9 Å². The summed E-state index contributed by atoms with van der Waals surface area (Å²) >= 11 is 0. The minimum Gasteiger partial charge on any atom is -0.445 e. The van der Waals surface area contributed by atoms with Crippen molar-refractivity contribution in [1.29, 1.82) is 5.26 Å². The van der Waals surface area contributed by atoms with Crippen molar-refractivity contribution in [1.82, 2.24) is 4.90 Å². The molecule has 0 unspecified atom stereocenters. The SMILES string of the molecule is N#C[C@H]1CN(C(=O)OCc2ccccc2)CCC1=O. The molecule has 0 radical (unpaired) electrons. The van der Waals surface area contributed by atoms with Crippen molar-refractivity contribution in [3.63, 3.8) is 0 Å². The Morgan fingerprint density at radius 2 is 2.16 bits per heavy atom. The zero-order valence-electron chi connectivity index (χ0n) is 10.4. The molecule has 0 aromatic heterocycles. The van der Waals surface area contributed by atoms with E-state index in [2.05, 4.69) is 0 Å². The van der Waals surface area contributed by atoms with Gasteiger partial charge in [-0.2, -0.15) is 5.26 Å². The average Bonchev–Trinajstić information content (AvgIpc) is 2.46. The van der Waals surface area contributed by atoms with E-state index in [1.54, 1.807) is 0 Å². The molecule has 0 N–H and O–H groups in total. The van der Waals surface area contributed by atoms with E-state index < -0.39 is 12.0 Å². The van der Waals surface area contributed by atoms with Gasteiger partial charge in [-0.15, -0.1) is 0 Å². The van der Waals surface area contributed by atoms with Crippen LogP contribution in [0, 0.1) is 17.2 Å². The van der Waals surface area contributed by atoms with Gasteiger partial charge >= 0.3 is 6.09 Å². The van der Waals surface area contributed by atoms with Gasteiger partial charge in [-0.1, -0.05) is 30.3 Å². The lowest BCUT2D eigenvalue weighted by Crippen LogP contribution is -2.43. The fourth-order valence-corrected chi connectivity index (χ4v) is 1.92. The average molecular weight is 258 g/mol. The second kappa shape index (κ2) is 6.01. The first-order valence-corrected chi connectivity index (χ1v) is 6.08. The van der Waals surface area contributed by atoms with Gasteiger partial charge in [0.05, 0.1) is 6.07 Å². The molecule has 0 aliphatic carbocycles. The molecule has 1 saturated heterocycles. The third kappa shape index (κ3) is 3.32. The van der Waals surface area contributed by atoms with Crippen LogP contribution in [-0.4, -0.2) is 29.9 Å². The molecule has 1 fully saturated rings. The van der Waals surface area contributed by atoms with E-state index >= 15 is 0 Å². The summed E-state index contributed by atoms with van der Waals surface area (Å²) in [6, 6.07) is 11.3. The van der Waals surface area contributed by atoms with E-state index in [0.717, 1.165) is 5.56 Å². The molecule has 1 aromatic rings. The van der Waals surface area contributed by atoms with E-state index in [1.807, 2.05) is 36.4 Å². The van der Waals surface area contributed by atoms with Crippen molar-refractivity contribution in [2.45, 2.75) is 13.0 Å². The molecule has 1 aliphatic rings. The normalized spacial score (nSPS) is 18.8. The largest absolute Gasteiger partial charge is 0.445 e. The number of carbonyl (C=O) groups excluding carboxylic acids is 2. The van der Waals surface area contributed by atoms with Crippen LogP contribution in [0.1, 0.15) is 12.0 Å². The summed E-state index contributed by atoms with van der Waals surface area (Å²) in [4.78, 5) is 24.6. The Bertz CT molecular complexity index is 507. The Labute approximate surface area is 111 Å². The molecule has 1 heterocycles. The summed E-state index contributed by atoms with van der Waals surface area (Å²) in [7, 11) is 0. The van der Waals surface area contributed by atoms with Crippen LogP contribution < -0.4 is 0 Å². The van der Waals surface area contributed by atoms with E-state index in [-0.39, 0.29) is 25.4 Å². The maximum Gasteiger partial charge on any atom is 0.410 e. The fraction of sp³-hybridized carbons (Fsp3) is 0.357. The van der Waals surface area contributed by atoms with Gasteiger partial charge in [0, 0.05) is 19.5 Å². The Kier molecular flexibility index (Phi) is 4.14. The lowest BCUT2D eigenvalue weighted by Gasteiger charge is -2.27. The lowest BCUT2D eigenvalue weighted by molar-refractivity contribution is -0.123. The second-order valence-electron chi connectivity index (χ2n) is 4.38. The zero-order chi connectivity index (χ0) is 13.7. The van der Waals surface area contributed by atoms with E-state index in [4.69, 9.17) is 10.00 Å². The first-order valence-electron chi connectivity index (χ1n) is 6.08. The van der Waals surface area contributed by atoms with Crippen LogP contribution in [0.25, 0.3) is 0 Å². The molecular weight excluding hydrogens is 244 g/mol. The third-order valence-corrected chi connectivity index (χ3v) is 3.04. The van der Waals surface area contributed by atoms with Gasteiger partial charge in [-0.05, 0) is 5.56 Å². The van der Waals surface area contributed by atoms with Crippen LogP contribution in [0.15, 0.2) is 30.3 Å². The highest BCUT2D eigenvalue weighted by atomic mass is 16.6. The topological polar surface area (TPSA) is 70.4 Å². The van der Waals surface area contributed by atoms with E-state index in [9.17, 15) is 9.59 Å². The predicted octanol–water partition coefficient (Wildman–Crippen LogP) is 1.74. The molecule has 1 aromatic carbocycles. The standard InChI is InChI=1S/C14H14N2O3/c15-8-12-9-16(7-6-13(12)17)14(18)19-10-11-4-2-1-3-5-11/h1-5,12H,6-7,9-10H2/t12-/m0/s1. The predicted molar refractivity (Wildman–Crippen MR) is 66.9 cm³/mol. The maximum atomic E-state index is 11.8. The number of ether oxygens (including phenoxy) is 1. The number of Topliss-reactive ketones (excluding diaryl/α,β-unsaturated/α-hetero) is 1. The smallest absolute Gasteiger partial charge is 0.410 e. The summed E-state index contributed by atoms with van der Waals surface area (Å²) in [5.41, 5.74) is 0.903. The Morgan fingerprint density at radius 1 is 1.42 bits per heavy atom. The Morgan fingerprint density at radius 3 is 2.84 bits per heavy atom. The van der Waals surface area contributed by atoms with Crippen LogP contribution in [0.4, 0.5) is 4.79 Å². The zero-order valence-corrected chi connectivity index (χ0v) is 10.4. The Hall–Kier alpha value is -2.35. The summed E-state index contributed by atoms with van der Waals surface area (Å²) in [5, 5.41) is 8.82. The molecule has 5 heteroatoms. The molecule has 1 aliphatic heterocycles. The molecule has 5 nitrogen and oxygen atoms in total. The van der Waals surface area contributed by atoms with Crippen LogP contribution >= 0.6 is 0 Å². The second-order valence-corrected chi connectivity index (χ2v) is 4.38. The number of hydrogen-bond donors (Lipinski definition) is 0. The minimum atomic E-state index is -0.724. The van der Waals surface area contributed by atoms with Gasteiger partial charge in [0.15, 0.2) is 5.78 Å². The maximum absolute atomic E-state index is 11.8. The number of nitriles is 1. The lowest BCUT2D eigenvalue weighted by atomic mass is 9.98. The summed E-state index contributed by atoms with van der Waals surface area (Å²) in [6.45, 7) is 0.648. The number of ketones is 1. The molecule has 98 valence electrons. The monoisotopic (exact) mass is 258 g/mol. The summed E-state index contributed by atoms with van der Waals surface area (Å²) in [6.07, 6.45) is -0.254. The van der Waals surface area contributed by atoms with Crippen molar-refractivity contribution in [3.05, 3.63) is 35.9 Å². The third-order valence-electron chi connectivity index (χ3n) is 3.04. The van der Waals surface area contributed by atoms with Crippen molar-refractivity contribution in [3.8, 4) is 6.07 Å². The van der Waals surface area contributed by atoms with Crippen LogP contribution in [-0.2, 0) is 16.1 Å². The highest BCUT2D eigenvalue weighted by Gasteiger charge is 2.30. The van der Waals surface area contributed by atoms with Crippen LogP contribution in [0.3, 0.4) is 0 Å². The van der Waals surface area contributed by atoms with Crippen molar-refractivity contribution in [2.24, 2.45) is 5.92 Å². The number of nitrogens with zero attached hydrogens (tertiary/aromatic N) is 2. The van der Waals surface area contributed by atoms with Crippen LogP contribution in [0.2, 0.25) is 0 Å². The molecule has 0 bridgehead atoms. The number of likely N-dealkylation sites (tertiary alicyclic amines) is 1. The van der Waals surface area contributed by atoms with Crippen molar-refractivity contribution in [2.75, 3.05) is 13.1 Å². The number of piperidine rings is 1. The molecule has 1 atom stereocenters.